The molecule has 0 amide bonds. The number of benzene rings is 2. The molecule has 134 valence electrons. The first-order chi connectivity index (χ1) is 12.0. The predicted octanol–water partition coefficient (Wildman–Crippen LogP) is 0.671. The van der Waals surface area contributed by atoms with Crippen LogP contribution in [-0.2, 0) is 4.74 Å². The largest absolute Gasteiger partial charge is 0.462 e. The Labute approximate surface area is 143 Å². The minimum atomic E-state index is -1.50. The zero-order chi connectivity index (χ0) is 18.0. The monoisotopic (exact) mass is 350 g/mol. The summed E-state index contributed by atoms with van der Waals surface area (Å²) in [6.07, 6.45) is -6.68. The van der Waals surface area contributed by atoms with Crippen LogP contribution in [0.2, 0.25) is 0 Å². The molecule has 0 aromatic heterocycles. The first kappa shape index (κ1) is 17.8. The summed E-state index contributed by atoms with van der Waals surface area (Å²) in [4.78, 5) is 0. The lowest BCUT2D eigenvalue weighted by Gasteiger charge is -2.39. The normalized spacial score (nSPS) is 29.4. The van der Waals surface area contributed by atoms with Crippen LogP contribution in [0.15, 0.2) is 48.5 Å². The molecule has 2 aromatic carbocycles. The third-order valence-electron chi connectivity index (χ3n) is 4.11. The Bertz CT molecular complexity index is 705. The molecule has 1 heterocycles. The first-order valence-corrected chi connectivity index (χ1v) is 7.83. The van der Waals surface area contributed by atoms with Crippen molar-refractivity contribution in [3.05, 3.63) is 54.3 Å². The van der Waals surface area contributed by atoms with Crippen molar-refractivity contribution < 1.29 is 34.3 Å². The van der Waals surface area contributed by atoms with Gasteiger partial charge in [0, 0.05) is 0 Å². The maximum Gasteiger partial charge on any atom is 0.229 e. The fraction of sp³-hybridized carbons (Fsp3) is 0.333. The summed E-state index contributed by atoms with van der Waals surface area (Å²) < 4.78 is 24.1. The van der Waals surface area contributed by atoms with E-state index in [4.69, 9.17) is 9.47 Å². The lowest BCUT2D eigenvalue weighted by molar-refractivity contribution is -0.277. The van der Waals surface area contributed by atoms with Crippen LogP contribution >= 0.6 is 0 Å². The van der Waals surface area contributed by atoms with Gasteiger partial charge in [-0.2, -0.15) is 0 Å². The third-order valence-corrected chi connectivity index (χ3v) is 4.11. The molecule has 1 saturated heterocycles. The minimum absolute atomic E-state index is 0.334. The summed E-state index contributed by atoms with van der Waals surface area (Å²) in [5.41, 5.74) is 1.49. The van der Waals surface area contributed by atoms with Gasteiger partial charge in [-0.3, -0.25) is 0 Å². The van der Waals surface area contributed by atoms with E-state index in [9.17, 15) is 24.8 Å². The zero-order valence-corrected chi connectivity index (χ0v) is 13.2. The maximum atomic E-state index is 13.3. The van der Waals surface area contributed by atoms with Gasteiger partial charge in [-0.05, 0) is 35.4 Å². The van der Waals surface area contributed by atoms with Gasteiger partial charge in [0.25, 0.3) is 0 Å². The summed E-state index contributed by atoms with van der Waals surface area (Å²) in [6, 6.07) is 12.8. The van der Waals surface area contributed by atoms with E-state index in [0.29, 0.717) is 11.3 Å². The second-order valence-electron chi connectivity index (χ2n) is 5.85. The second-order valence-corrected chi connectivity index (χ2v) is 5.85. The third kappa shape index (κ3) is 3.81. The van der Waals surface area contributed by atoms with Gasteiger partial charge in [0.1, 0.15) is 36.0 Å². The van der Waals surface area contributed by atoms with Crippen molar-refractivity contribution in [1.29, 1.82) is 0 Å². The van der Waals surface area contributed by atoms with E-state index in [2.05, 4.69) is 0 Å². The van der Waals surface area contributed by atoms with Crippen LogP contribution in [0.25, 0.3) is 11.1 Å². The highest BCUT2D eigenvalue weighted by Crippen LogP contribution is 2.27. The minimum Gasteiger partial charge on any atom is -0.462 e. The van der Waals surface area contributed by atoms with E-state index in [1.807, 2.05) is 0 Å². The Kier molecular flexibility index (Phi) is 5.31. The molecular formula is C18H19FO6. The van der Waals surface area contributed by atoms with Gasteiger partial charge < -0.3 is 29.9 Å². The molecule has 7 heteroatoms. The van der Waals surface area contributed by atoms with E-state index in [1.54, 1.807) is 36.4 Å². The number of ether oxygens (including phenoxy) is 2. The lowest BCUT2D eigenvalue weighted by Crippen LogP contribution is -2.60. The van der Waals surface area contributed by atoms with Gasteiger partial charge in [0.15, 0.2) is 0 Å². The topological polar surface area (TPSA) is 99.4 Å². The van der Waals surface area contributed by atoms with Gasteiger partial charge >= 0.3 is 0 Å². The van der Waals surface area contributed by atoms with Gasteiger partial charge in [0.2, 0.25) is 6.29 Å². The summed E-state index contributed by atoms with van der Waals surface area (Å²) >= 11 is 0. The van der Waals surface area contributed by atoms with Crippen LogP contribution in [0.5, 0.6) is 5.75 Å². The number of hydrogen-bond donors (Lipinski definition) is 4. The fourth-order valence-corrected chi connectivity index (χ4v) is 2.69. The molecule has 3 rings (SSSR count). The zero-order valence-electron chi connectivity index (χ0n) is 13.2. The molecule has 0 aliphatic carbocycles. The van der Waals surface area contributed by atoms with Gasteiger partial charge in [-0.1, -0.05) is 24.3 Å². The maximum absolute atomic E-state index is 13.3. The molecule has 1 fully saturated rings. The molecule has 1 aliphatic heterocycles. The Hall–Kier alpha value is -2.03. The first-order valence-electron chi connectivity index (χ1n) is 7.83. The molecule has 5 atom stereocenters. The van der Waals surface area contributed by atoms with Gasteiger partial charge in [0.05, 0.1) is 6.61 Å². The highest BCUT2D eigenvalue weighted by Gasteiger charge is 2.44. The summed E-state index contributed by atoms with van der Waals surface area (Å²) in [5, 5.41) is 38.6. The molecule has 0 unspecified atom stereocenters. The summed E-state index contributed by atoms with van der Waals surface area (Å²) in [5.74, 6) is 0.0172. The number of aliphatic hydroxyl groups is 4. The van der Waals surface area contributed by atoms with E-state index in [-0.39, 0.29) is 5.82 Å². The summed E-state index contributed by atoms with van der Waals surface area (Å²) in [7, 11) is 0. The molecule has 0 saturated carbocycles. The lowest BCUT2D eigenvalue weighted by atomic mass is 9.99. The predicted molar refractivity (Wildman–Crippen MR) is 86.2 cm³/mol. The van der Waals surface area contributed by atoms with Crippen LogP contribution in [0.4, 0.5) is 4.39 Å². The Morgan fingerprint density at radius 1 is 0.920 bits per heavy atom. The van der Waals surface area contributed by atoms with Crippen molar-refractivity contribution >= 4 is 0 Å². The highest BCUT2D eigenvalue weighted by atomic mass is 19.1. The molecule has 6 nitrogen and oxygen atoms in total. The quantitative estimate of drug-likeness (QED) is 0.647. The van der Waals surface area contributed by atoms with Crippen molar-refractivity contribution in [1.82, 2.24) is 0 Å². The van der Waals surface area contributed by atoms with Crippen LogP contribution in [-0.4, -0.2) is 57.7 Å². The Morgan fingerprint density at radius 2 is 1.64 bits per heavy atom. The number of hydrogen-bond acceptors (Lipinski definition) is 6. The molecule has 0 spiro atoms. The van der Waals surface area contributed by atoms with Crippen LogP contribution < -0.4 is 4.74 Å². The number of rotatable bonds is 4. The number of aliphatic hydroxyl groups excluding tert-OH is 4. The SMILES string of the molecule is OC[C@H]1O[C@H](Oc2ccc(-c3cccc(F)c3)cc2)[C@@H](O)[C@@H](O)[C@@H]1O. The van der Waals surface area contributed by atoms with Crippen molar-refractivity contribution in [3.63, 3.8) is 0 Å². The van der Waals surface area contributed by atoms with E-state index in [0.717, 1.165) is 5.56 Å². The molecular weight excluding hydrogens is 331 g/mol. The standard InChI is InChI=1S/C18H19FO6/c19-12-3-1-2-11(8-12)10-4-6-13(7-5-10)24-18-17(23)16(22)15(21)14(9-20)25-18/h1-8,14-18,20-23H,9H2/t14-,15-,16+,17+,18+/m1/s1. The average Bonchev–Trinajstić information content (AvgIpc) is 2.63. The van der Waals surface area contributed by atoms with Crippen molar-refractivity contribution in [3.8, 4) is 16.9 Å². The van der Waals surface area contributed by atoms with Crippen LogP contribution in [0, 0.1) is 5.82 Å². The summed E-state index contributed by atoms with van der Waals surface area (Å²) in [6.45, 7) is -0.524. The molecule has 25 heavy (non-hydrogen) atoms. The van der Waals surface area contributed by atoms with E-state index >= 15 is 0 Å². The van der Waals surface area contributed by atoms with Crippen molar-refractivity contribution in [2.45, 2.75) is 30.7 Å². The molecule has 0 radical (unpaired) electrons. The molecule has 1 aliphatic rings. The molecule has 2 aromatic rings. The van der Waals surface area contributed by atoms with Crippen molar-refractivity contribution in [2.75, 3.05) is 6.61 Å². The van der Waals surface area contributed by atoms with E-state index < -0.39 is 37.3 Å². The van der Waals surface area contributed by atoms with E-state index in [1.165, 1.54) is 12.1 Å². The molecule has 0 bridgehead atoms. The van der Waals surface area contributed by atoms with Crippen molar-refractivity contribution in [2.24, 2.45) is 0 Å². The Morgan fingerprint density at radius 3 is 2.28 bits per heavy atom. The van der Waals surface area contributed by atoms with Crippen LogP contribution in [0.3, 0.4) is 0 Å². The van der Waals surface area contributed by atoms with Crippen LogP contribution in [0.1, 0.15) is 0 Å². The number of halogens is 1. The van der Waals surface area contributed by atoms with Gasteiger partial charge in [-0.15, -0.1) is 0 Å². The smallest absolute Gasteiger partial charge is 0.229 e. The highest BCUT2D eigenvalue weighted by molar-refractivity contribution is 5.64. The average molecular weight is 350 g/mol. The molecule has 4 N–H and O–H groups in total. The fourth-order valence-electron chi connectivity index (χ4n) is 2.69. The second kappa shape index (κ2) is 7.47. The van der Waals surface area contributed by atoms with Gasteiger partial charge in [-0.25, -0.2) is 4.39 Å². The Balaban J connectivity index is 1.73.